The first kappa shape index (κ1) is 13.3. The predicted molar refractivity (Wildman–Crippen MR) is 59.2 cm³/mol. The summed E-state index contributed by atoms with van der Waals surface area (Å²) in [4.78, 5) is 7.46. The third kappa shape index (κ3) is 3.65. The standard InChI is InChI=1S/C12H9F3N2O2/c13-12(14,15)19-10-3-1-2-8(4-10)11(18)9-5-16-7-17-6-9/h1-7,11,18H. The van der Waals surface area contributed by atoms with Gasteiger partial charge in [-0.15, -0.1) is 13.2 Å². The summed E-state index contributed by atoms with van der Waals surface area (Å²) in [6.45, 7) is 0. The van der Waals surface area contributed by atoms with Crippen LogP contribution in [0, 0.1) is 0 Å². The number of halogens is 3. The third-order valence-electron chi connectivity index (χ3n) is 2.30. The molecule has 2 aromatic rings. The number of rotatable bonds is 3. The Kier molecular flexibility index (Phi) is 3.66. The van der Waals surface area contributed by atoms with E-state index in [1.165, 1.54) is 30.9 Å². The van der Waals surface area contributed by atoms with Crippen molar-refractivity contribution in [3.63, 3.8) is 0 Å². The van der Waals surface area contributed by atoms with Crippen molar-refractivity contribution < 1.29 is 23.0 Å². The quantitative estimate of drug-likeness (QED) is 0.930. The van der Waals surface area contributed by atoms with Crippen LogP contribution in [0.2, 0.25) is 0 Å². The smallest absolute Gasteiger partial charge is 0.406 e. The van der Waals surface area contributed by atoms with Crippen molar-refractivity contribution in [3.8, 4) is 5.75 Å². The lowest BCUT2D eigenvalue weighted by molar-refractivity contribution is -0.274. The van der Waals surface area contributed by atoms with Gasteiger partial charge in [-0.2, -0.15) is 0 Å². The number of hydrogen-bond donors (Lipinski definition) is 1. The second kappa shape index (κ2) is 5.23. The summed E-state index contributed by atoms with van der Waals surface area (Å²) >= 11 is 0. The van der Waals surface area contributed by atoms with E-state index in [2.05, 4.69) is 14.7 Å². The summed E-state index contributed by atoms with van der Waals surface area (Å²) < 4.78 is 40.1. The van der Waals surface area contributed by atoms with Crippen LogP contribution in [-0.4, -0.2) is 21.4 Å². The summed E-state index contributed by atoms with van der Waals surface area (Å²) in [5.41, 5.74) is 0.642. The largest absolute Gasteiger partial charge is 0.573 e. The fourth-order valence-electron chi connectivity index (χ4n) is 1.53. The van der Waals surface area contributed by atoms with E-state index in [0.29, 0.717) is 5.56 Å². The van der Waals surface area contributed by atoms with Gasteiger partial charge in [0.2, 0.25) is 0 Å². The molecule has 7 heteroatoms. The highest BCUT2D eigenvalue weighted by atomic mass is 19.4. The second-order valence-corrected chi connectivity index (χ2v) is 3.69. The second-order valence-electron chi connectivity index (χ2n) is 3.69. The van der Waals surface area contributed by atoms with Gasteiger partial charge in [0.05, 0.1) is 0 Å². The number of benzene rings is 1. The molecule has 4 nitrogen and oxygen atoms in total. The van der Waals surface area contributed by atoms with Crippen LogP contribution >= 0.6 is 0 Å². The number of alkyl halides is 3. The van der Waals surface area contributed by atoms with Gasteiger partial charge in [-0.3, -0.25) is 0 Å². The molecule has 0 amide bonds. The highest BCUT2D eigenvalue weighted by molar-refractivity contribution is 5.33. The zero-order valence-corrected chi connectivity index (χ0v) is 9.50. The predicted octanol–water partition coefficient (Wildman–Crippen LogP) is 2.46. The summed E-state index contributed by atoms with van der Waals surface area (Å²) in [7, 11) is 0. The molecule has 19 heavy (non-hydrogen) atoms. The van der Waals surface area contributed by atoms with E-state index in [1.54, 1.807) is 0 Å². The van der Waals surface area contributed by atoms with Gasteiger partial charge >= 0.3 is 6.36 Å². The summed E-state index contributed by atoms with van der Waals surface area (Å²) in [5, 5.41) is 10.00. The fraction of sp³-hybridized carbons (Fsp3) is 0.167. The van der Waals surface area contributed by atoms with Crippen molar-refractivity contribution in [2.24, 2.45) is 0 Å². The molecule has 1 aromatic heterocycles. The molecule has 0 saturated heterocycles. The third-order valence-corrected chi connectivity index (χ3v) is 2.30. The van der Waals surface area contributed by atoms with Crippen molar-refractivity contribution in [2.45, 2.75) is 12.5 Å². The summed E-state index contributed by atoms with van der Waals surface area (Å²) in [6.07, 6.45) is -1.82. The first-order chi connectivity index (χ1) is 8.96. The Balaban J connectivity index is 2.24. The maximum absolute atomic E-state index is 12.1. The molecular formula is C12H9F3N2O2. The van der Waals surface area contributed by atoms with Gasteiger partial charge in [0.15, 0.2) is 0 Å². The molecule has 0 spiro atoms. The van der Waals surface area contributed by atoms with Crippen LogP contribution in [0.5, 0.6) is 5.75 Å². The lowest BCUT2D eigenvalue weighted by atomic mass is 10.0. The normalized spacial score (nSPS) is 13.1. The van der Waals surface area contributed by atoms with E-state index >= 15 is 0 Å². The minimum atomic E-state index is -4.76. The Hall–Kier alpha value is -2.15. The van der Waals surface area contributed by atoms with Crippen LogP contribution < -0.4 is 4.74 Å². The highest BCUT2D eigenvalue weighted by Gasteiger charge is 2.31. The number of aromatic nitrogens is 2. The van der Waals surface area contributed by atoms with E-state index in [4.69, 9.17) is 0 Å². The van der Waals surface area contributed by atoms with Crippen molar-refractivity contribution in [1.29, 1.82) is 0 Å². The lowest BCUT2D eigenvalue weighted by Gasteiger charge is -2.13. The number of nitrogens with zero attached hydrogens (tertiary/aromatic N) is 2. The van der Waals surface area contributed by atoms with E-state index in [9.17, 15) is 18.3 Å². The molecule has 2 rings (SSSR count). The molecule has 100 valence electrons. The zero-order valence-electron chi connectivity index (χ0n) is 9.50. The minimum absolute atomic E-state index is 0.261. The van der Waals surface area contributed by atoms with Crippen molar-refractivity contribution in [2.75, 3.05) is 0 Å². The Bertz CT molecular complexity index is 546. The van der Waals surface area contributed by atoms with Gasteiger partial charge in [-0.05, 0) is 17.7 Å². The number of ether oxygens (including phenoxy) is 1. The molecule has 1 atom stereocenters. The molecule has 0 aliphatic heterocycles. The average molecular weight is 270 g/mol. The van der Waals surface area contributed by atoms with Gasteiger partial charge in [-0.25, -0.2) is 9.97 Å². The van der Waals surface area contributed by atoms with Gasteiger partial charge in [0, 0.05) is 18.0 Å². The summed E-state index contributed by atoms with van der Waals surface area (Å²) in [6, 6.07) is 5.13. The van der Waals surface area contributed by atoms with E-state index in [-0.39, 0.29) is 11.3 Å². The van der Waals surface area contributed by atoms with Gasteiger partial charge < -0.3 is 9.84 Å². The Morgan fingerprint density at radius 2 is 1.79 bits per heavy atom. The Morgan fingerprint density at radius 3 is 2.42 bits per heavy atom. The monoisotopic (exact) mass is 270 g/mol. The topological polar surface area (TPSA) is 55.2 Å². The SMILES string of the molecule is OC(c1cncnc1)c1cccc(OC(F)(F)F)c1. The number of hydrogen-bond acceptors (Lipinski definition) is 4. The molecule has 1 heterocycles. The lowest BCUT2D eigenvalue weighted by Crippen LogP contribution is -2.17. The van der Waals surface area contributed by atoms with Gasteiger partial charge in [0.1, 0.15) is 18.2 Å². The molecule has 0 fully saturated rings. The molecule has 0 saturated carbocycles. The van der Waals surface area contributed by atoms with Crippen molar-refractivity contribution in [3.05, 3.63) is 54.1 Å². The molecule has 1 unspecified atom stereocenters. The van der Waals surface area contributed by atoms with Gasteiger partial charge in [-0.1, -0.05) is 12.1 Å². The molecule has 1 aromatic carbocycles. The van der Waals surface area contributed by atoms with Crippen LogP contribution in [0.15, 0.2) is 43.0 Å². The molecule has 0 aliphatic carbocycles. The Morgan fingerprint density at radius 1 is 1.11 bits per heavy atom. The minimum Gasteiger partial charge on any atom is -0.406 e. The Labute approximate surface area is 106 Å². The molecule has 0 aliphatic rings. The number of aliphatic hydroxyl groups is 1. The van der Waals surface area contributed by atoms with E-state index in [1.807, 2.05) is 0 Å². The highest BCUT2D eigenvalue weighted by Crippen LogP contribution is 2.27. The number of aliphatic hydroxyl groups excluding tert-OH is 1. The first-order valence-electron chi connectivity index (χ1n) is 5.24. The fourth-order valence-corrected chi connectivity index (χ4v) is 1.53. The maximum Gasteiger partial charge on any atom is 0.573 e. The van der Waals surface area contributed by atoms with Crippen molar-refractivity contribution in [1.82, 2.24) is 9.97 Å². The van der Waals surface area contributed by atoms with E-state index in [0.717, 1.165) is 12.1 Å². The van der Waals surface area contributed by atoms with Gasteiger partial charge in [0.25, 0.3) is 0 Å². The summed E-state index contributed by atoms with van der Waals surface area (Å²) in [5.74, 6) is -0.388. The molecule has 1 N–H and O–H groups in total. The van der Waals surface area contributed by atoms with Crippen LogP contribution in [0.25, 0.3) is 0 Å². The molecule has 0 radical (unpaired) electrons. The maximum atomic E-state index is 12.1. The molecular weight excluding hydrogens is 261 g/mol. The van der Waals surface area contributed by atoms with E-state index < -0.39 is 12.5 Å². The molecule has 0 bridgehead atoms. The zero-order chi connectivity index (χ0) is 13.9. The van der Waals surface area contributed by atoms with Crippen LogP contribution in [-0.2, 0) is 0 Å². The van der Waals surface area contributed by atoms with Crippen LogP contribution in [0.4, 0.5) is 13.2 Å². The van der Waals surface area contributed by atoms with Crippen LogP contribution in [0.1, 0.15) is 17.2 Å². The van der Waals surface area contributed by atoms with Crippen LogP contribution in [0.3, 0.4) is 0 Å². The first-order valence-corrected chi connectivity index (χ1v) is 5.24. The average Bonchev–Trinajstić information content (AvgIpc) is 2.37. The van der Waals surface area contributed by atoms with Crippen molar-refractivity contribution >= 4 is 0 Å².